The minimum absolute atomic E-state index is 0.0259. The Balaban J connectivity index is 2.88. The summed E-state index contributed by atoms with van der Waals surface area (Å²) in [7, 11) is 0. The second kappa shape index (κ2) is 4.13. The maximum Gasteiger partial charge on any atom is 0.182 e. The molecule has 0 aliphatic carbocycles. The van der Waals surface area contributed by atoms with Crippen molar-refractivity contribution >= 4 is 22.0 Å². The van der Waals surface area contributed by atoms with Gasteiger partial charge in [0.25, 0.3) is 0 Å². The number of aromatic nitrogens is 1. The molecule has 0 saturated heterocycles. The topological polar surface area (TPSA) is 32.9 Å². The van der Waals surface area contributed by atoms with Gasteiger partial charge >= 0.3 is 0 Å². The molecule has 58 valence electrons. The lowest BCUT2D eigenvalue weighted by atomic mass is 10.3. The fraction of sp³-hybridized carbons (Fsp3) is 0.125. The Hall–Kier alpha value is -0.830. The maximum atomic E-state index is 10.8. The molecule has 0 radical (unpaired) electrons. The van der Waals surface area contributed by atoms with Crippen molar-refractivity contribution in [2.75, 3.05) is 5.33 Å². The number of rotatable bonds is 2. The van der Waals surface area contributed by atoms with E-state index in [1.807, 2.05) is 12.2 Å². The zero-order valence-electron chi connectivity index (χ0n) is 5.88. The molecule has 11 heavy (non-hydrogen) atoms. The molecule has 1 heterocycles. The van der Waals surface area contributed by atoms with Crippen molar-refractivity contribution in [3.05, 3.63) is 40.3 Å². The van der Waals surface area contributed by atoms with Crippen LogP contribution in [0.3, 0.4) is 0 Å². The minimum atomic E-state index is 0.0259. The van der Waals surface area contributed by atoms with Crippen LogP contribution in [0.4, 0.5) is 0 Å². The van der Waals surface area contributed by atoms with E-state index in [-0.39, 0.29) is 5.43 Å². The first kappa shape index (κ1) is 8.27. The van der Waals surface area contributed by atoms with E-state index in [4.69, 9.17) is 0 Å². The molecule has 1 N–H and O–H groups in total. The summed E-state index contributed by atoms with van der Waals surface area (Å²) in [4.78, 5) is 13.7. The Morgan fingerprint density at radius 3 is 3.09 bits per heavy atom. The van der Waals surface area contributed by atoms with E-state index >= 15 is 0 Å². The molecule has 0 amide bonds. The molecule has 0 aliphatic heterocycles. The lowest BCUT2D eigenvalue weighted by molar-refractivity contribution is 1.27. The Bertz CT molecular complexity index is 303. The average Bonchev–Trinajstić information content (AvgIpc) is 2.01. The summed E-state index contributed by atoms with van der Waals surface area (Å²) < 4.78 is 0. The van der Waals surface area contributed by atoms with E-state index in [0.29, 0.717) is 0 Å². The first-order valence-corrected chi connectivity index (χ1v) is 4.36. The van der Waals surface area contributed by atoms with Crippen LogP contribution in [0, 0.1) is 0 Å². The number of alkyl halides is 1. The molecule has 1 aromatic rings. The standard InChI is InChI=1S/C8H8BrNO/c9-4-1-2-7-6-8(11)3-5-10-7/h1-3,5-6H,4H2,(H,10,11). The SMILES string of the molecule is O=c1cc[nH]c(C=CCBr)c1. The third-order valence-electron chi connectivity index (χ3n) is 1.18. The molecule has 0 aliphatic rings. The van der Waals surface area contributed by atoms with Crippen molar-refractivity contribution in [3.63, 3.8) is 0 Å². The molecule has 1 aromatic heterocycles. The third kappa shape index (κ3) is 2.72. The first-order valence-electron chi connectivity index (χ1n) is 3.24. The lowest BCUT2D eigenvalue weighted by Crippen LogP contribution is -1.97. The summed E-state index contributed by atoms with van der Waals surface area (Å²) in [6.45, 7) is 0. The van der Waals surface area contributed by atoms with Crippen LogP contribution in [0.25, 0.3) is 6.08 Å². The highest BCUT2D eigenvalue weighted by Gasteiger charge is 1.85. The Morgan fingerprint density at radius 2 is 2.45 bits per heavy atom. The van der Waals surface area contributed by atoms with Gasteiger partial charge in [0, 0.05) is 29.4 Å². The van der Waals surface area contributed by atoms with Crippen molar-refractivity contribution in [2.24, 2.45) is 0 Å². The number of halogens is 1. The van der Waals surface area contributed by atoms with E-state index in [2.05, 4.69) is 20.9 Å². The fourth-order valence-electron chi connectivity index (χ4n) is 0.731. The molecule has 0 spiro atoms. The van der Waals surface area contributed by atoms with E-state index in [1.54, 1.807) is 12.3 Å². The molecular formula is C8H8BrNO. The third-order valence-corrected chi connectivity index (χ3v) is 1.56. The van der Waals surface area contributed by atoms with Crippen molar-refractivity contribution < 1.29 is 0 Å². The van der Waals surface area contributed by atoms with Crippen LogP contribution >= 0.6 is 15.9 Å². The minimum Gasteiger partial charge on any atom is -0.361 e. The number of H-pyrrole nitrogens is 1. The number of nitrogens with one attached hydrogen (secondary N) is 1. The molecule has 0 aromatic carbocycles. The van der Waals surface area contributed by atoms with Crippen LogP contribution < -0.4 is 5.43 Å². The lowest BCUT2D eigenvalue weighted by Gasteiger charge is -1.89. The van der Waals surface area contributed by atoms with Crippen LogP contribution in [0.5, 0.6) is 0 Å². The quantitative estimate of drug-likeness (QED) is 0.748. The first-order chi connectivity index (χ1) is 5.33. The molecule has 0 bridgehead atoms. The van der Waals surface area contributed by atoms with Gasteiger partial charge in [0.1, 0.15) is 0 Å². The zero-order valence-corrected chi connectivity index (χ0v) is 7.47. The van der Waals surface area contributed by atoms with Gasteiger partial charge in [-0.05, 0) is 6.08 Å². The van der Waals surface area contributed by atoms with Gasteiger partial charge in [-0.15, -0.1) is 0 Å². The number of hydrogen-bond acceptors (Lipinski definition) is 1. The Labute approximate surface area is 73.1 Å². The van der Waals surface area contributed by atoms with Crippen LogP contribution in [0.15, 0.2) is 29.2 Å². The molecular weight excluding hydrogens is 206 g/mol. The van der Waals surface area contributed by atoms with E-state index in [0.717, 1.165) is 11.0 Å². The Kier molecular flexibility index (Phi) is 3.11. The molecule has 2 nitrogen and oxygen atoms in total. The van der Waals surface area contributed by atoms with Crippen LogP contribution in [0.2, 0.25) is 0 Å². The van der Waals surface area contributed by atoms with Crippen molar-refractivity contribution in [2.45, 2.75) is 0 Å². The number of pyridine rings is 1. The molecule has 0 fully saturated rings. The highest BCUT2D eigenvalue weighted by Crippen LogP contribution is 1.93. The van der Waals surface area contributed by atoms with Gasteiger partial charge in [-0.1, -0.05) is 22.0 Å². The number of aromatic amines is 1. The summed E-state index contributed by atoms with van der Waals surface area (Å²) in [6.07, 6.45) is 5.41. The number of allylic oxidation sites excluding steroid dienone is 1. The normalized spacial score (nSPS) is 10.6. The van der Waals surface area contributed by atoms with Crippen molar-refractivity contribution in [1.82, 2.24) is 4.98 Å². The summed E-state index contributed by atoms with van der Waals surface area (Å²) >= 11 is 3.25. The van der Waals surface area contributed by atoms with E-state index in [9.17, 15) is 4.79 Å². The molecule has 0 unspecified atom stereocenters. The zero-order chi connectivity index (χ0) is 8.10. The molecule has 1 rings (SSSR count). The van der Waals surface area contributed by atoms with Gasteiger partial charge in [0.05, 0.1) is 0 Å². The predicted octanol–water partition coefficient (Wildman–Crippen LogP) is 1.78. The summed E-state index contributed by atoms with van der Waals surface area (Å²) in [5.74, 6) is 0. The largest absolute Gasteiger partial charge is 0.361 e. The average molecular weight is 214 g/mol. The monoisotopic (exact) mass is 213 g/mol. The van der Waals surface area contributed by atoms with Crippen LogP contribution in [-0.4, -0.2) is 10.3 Å². The van der Waals surface area contributed by atoms with Gasteiger partial charge in [-0.25, -0.2) is 0 Å². The van der Waals surface area contributed by atoms with E-state index < -0.39 is 0 Å². The van der Waals surface area contributed by atoms with Gasteiger partial charge in [-0.2, -0.15) is 0 Å². The summed E-state index contributed by atoms with van der Waals surface area (Å²) in [5, 5.41) is 0.796. The van der Waals surface area contributed by atoms with Gasteiger partial charge < -0.3 is 4.98 Å². The highest BCUT2D eigenvalue weighted by atomic mass is 79.9. The van der Waals surface area contributed by atoms with Gasteiger partial charge in [0.15, 0.2) is 5.43 Å². The van der Waals surface area contributed by atoms with Gasteiger partial charge in [-0.3, -0.25) is 4.79 Å². The fourth-order valence-corrected chi connectivity index (χ4v) is 0.918. The van der Waals surface area contributed by atoms with E-state index in [1.165, 1.54) is 6.07 Å². The highest BCUT2D eigenvalue weighted by molar-refractivity contribution is 9.09. The number of hydrogen-bond donors (Lipinski definition) is 1. The second-order valence-corrected chi connectivity index (χ2v) is 2.68. The molecule has 0 atom stereocenters. The summed E-state index contributed by atoms with van der Waals surface area (Å²) in [5.41, 5.74) is 0.856. The second-order valence-electron chi connectivity index (χ2n) is 2.04. The van der Waals surface area contributed by atoms with Crippen molar-refractivity contribution in [1.29, 1.82) is 0 Å². The maximum absolute atomic E-state index is 10.8. The molecule has 3 heteroatoms. The van der Waals surface area contributed by atoms with Crippen molar-refractivity contribution in [3.8, 4) is 0 Å². The van der Waals surface area contributed by atoms with Gasteiger partial charge in [0.2, 0.25) is 0 Å². The van der Waals surface area contributed by atoms with Crippen LogP contribution in [-0.2, 0) is 0 Å². The summed E-state index contributed by atoms with van der Waals surface area (Å²) in [6, 6.07) is 3.05. The smallest absolute Gasteiger partial charge is 0.182 e. The molecule has 0 saturated carbocycles. The predicted molar refractivity (Wildman–Crippen MR) is 49.9 cm³/mol. The Morgan fingerprint density at radius 1 is 1.64 bits per heavy atom. The van der Waals surface area contributed by atoms with Crippen LogP contribution in [0.1, 0.15) is 5.69 Å².